The standard InChI is InChI=1S/C26H22N4O4S/c1-16-11-12-23(34-3)21(13-16)29-24(32)19-9-4-5-10-20(19)30-25(29)27-28-26(30)35-15-22(31)17-7-6-8-18(14-17)33-2/h4-14H,15H2,1-3H3. The lowest BCUT2D eigenvalue weighted by atomic mass is 10.1. The maximum absolute atomic E-state index is 13.6. The number of carbonyl (C=O) groups is 1. The number of rotatable bonds is 7. The highest BCUT2D eigenvalue weighted by Gasteiger charge is 2.21. The quantitative estimate of drug-likeness (QED) is 0.250. The molecule has 176 valence electrons. The van der Waals surface area contributed by atoms with E-state index in [4.69, 9.17) is 9.47 Å². The Balaban J connectivity index is 1.65. The van der Waals surface area contributed by atoms with Gasteiger partial charge in [-0.05, 0) is 48.9 Å². The lowest BCUT2D eigenvalue weighted by Crippen LogP contribution is -2.22. The van der Waals surface area contributed by atoms with Crippen LogP contribution in [0.3, 0.4) is 0 Å². The summed E-state index contributed by atoms with van der Waals surface area (Å²) in [6.45, 7) is 1.95. The Bertz CT molecular complexity index is 1640. The molecule has 0 atom stereocenters. The zero-order chi connectivity index (χ0) is 24.5. The van der Waals surface area contributed by atoms with E-state index in [9.17, 15) is 9.59 Å². The zero-order valence-electron chi connectivity index (χ0n) is 19.4. The lowest BCUT2D eigenvalue weighted by molar-refractivity contribution is 0.102. The smallest absolute Gasteiger partial charge is 0.267 e. The summed E-state index contributed by atoms with van der Waals surface area (Å²) in [5.74, 6) is 1.59. The molecular formula is C26H22N4O4S. The Kier molecular flexibility index (Phi) is 6.00. The molecule has 0 N–H and O–H groups in total. The van der Waals surface area contributed by atoms with Crippen molar-refractivity contribution in [3.63, 3.8) is 0 Å². The van der Waals surface area contributed by atoms with Crippen LogP contribution in [0.2, 0.25) is 0 Å². The highest BCUT2D eigenvalue weighted by Crippen LogP contribution is 2.28. The summed E-state index contributed by atoms with van der Waals surface area (Å²) in [6, 6.07) is 19.9. The van der Waals surface area contributed by atoms with Gasteiger partial charge in [0, 0.05) is 5.56 Å². The number of ether oxygens (including phenoxy) is 2. The summed E-state index contributed by atoms with van der Waals surface area (Å²) in [5.41, 5.74) is 2.53. The van der Waals surface area contributed by atoms with Gasteiger partial charge in [0.1, 0.15) is 11.5 Å². The predicted molar refractivity (Wildman–Crippen MR) is 135 cm³/mol. The highest BCUT2D eigenvalue weighted by atomic mass is 32.2. The van der Waals surface area contributed by atoms with Gasteiger partial charge in [0.25, 0.3) is 5.56 Å². The predicted octanol–water partition coefficient (Wildman–Crippen LogP) is 4.33. The van der Waals surface area contributed by atoms with E-state index in [-0.39, 0.29) is 17.1 Å². The number of hydrogen-bond acceptors (Lipinski definition) is 7. The topological polar surface area (TPSA) is 87.7 Å². The van der Waals surface area contributed by atoms with E-state index < -0.39 is 0 Å². The van der Waals surface area contributed by atoms with Crippen LogP contribution in [0.4, 0.5) is 0 Å². The first-order valence-corrected chi connectivity index (χ1v) is 11.8. The van der Waals surface area contributed by atoms with Gasteiger partial charge in [-0.2, -0.15) is 0 Å². The van der Waals surface area contributed by atoms with Crippen molar-refractivity contribution in [1.29, 1.82) is 0 Å². The van der Waals surface area contributed by atoms with Gasteiger partial charge in [0.05, 0.1) is 36.6 Å². The van der Waals surface area contributed by atoms with Crippen molar-refractivity contribution < 1.29 is 14.3 Å². The molecule has 2 heterocycles. The zero-order valence-corrected chi connectivity index (χ0v) is 20.2. The Morgan fingerprint density at radius 1 is 0.971 bits per heavy atom. The molecule has 0 aliphatic heterocycles. The van der Waals surface area contributed by atoms with E-state index >= 15 is 0 Å². The van der Waals surface area contributed by atoms with Gasteiger partial charge in [-0.1, -0.05) is 42.1 Å². The second-order valence-corrected chi connectivity index (χ2v) is 8.84. The number of methoxy groups -OCH3 is 2. The molecule has 35 heavy (non-hydrogen) atoms. The molecule has 0 aliphatic carbocycles. The molecule has 0 bridgehead atoms. The molecule has 5 rings (SSSR count). The van der Waals surface area contributed by atoms with Crippen molar-refractivity contribution in [3.8, 4) is 17.2 Å². The number of aryl methyl sites for hydroxylation is 1. The average molecular weight is 487 g/mol. The largest absolute Gasteiger partial charge is 0.497 e. The second-order valence-electron chi connectivity index (χ2n) is 7.89. The summed E-state index contributed by atoms with van der Waals surface area (Å²) in [4.78, 5) is 26.5. The third-order valence-electron chi connectivity index (χ3n) is 5.69. The van der Waals surface area contributed by atoms with Crippen LogP contribution < -0.4 is 15.0 Å². The first kappa shape index (κ1) is 22.7. The van der Waals surface area contributed by atoms with E-state index in [1.54, 1.807) is 44.6 Å². The number of ketones is 1. The van der Waals surface area contributed by atoms with Gasteiger partial charge < -0.3 is 9.47 Å². The minimum Gasteiger partial charge on any atom is -0.497 e. The molecule has 8 nitrogen and oxygen atoms in total. The Morgan fingerprint density at radius 2 is 1.80 bits per heavy atom. The number of carbonyl (C=O) groups excluding carboxylic acids is 1. The summed E-state index contributed by atoms with van der Waals surface area (Å²) in [6.07, 6.45) is 0. The van der Waals surface area contributed by atoms with Gasteiger partial charge in [-0.15, -0.1) is 10.2 Å². The van der Waals surface area contributed by atoms with Crippen molar-refractivity contribution in [2.24, 2.45) is 0 Å². The highest BCUT2D eigenvalue weighted by molar-refractivity contribution is 7.99. The van der Waals surface area contributed by atoms with Crippen LogP contribution in [-0.2, 0) is 0 Å². The molecule has 0 saturated heterocycles. The van der Waals surface area contributed by atoms with Crippen LogP contribution in [0.15, 0.2) is 76.7 Å². The molecule has 0 fully saturated rings. The van der Waals surface area contributed by atoms with Crippen molar-refractivity contribution in [2.75, 3.05) is 20.0 Å². The van der Waals surface area contributed by atoms with Crippen LogP contribution in [-0.4, -0.2) is 44.9 Å². The monoisotopic (exact) mass is 486 g/mol. The van der Waals surface area contributed by atoms with Crippen molar-refractivity contribution in [1.82, 2.24) is 19.2 Å². The molecule has 3 aromatic carbocycles. The second kappa shape index (κ2) is 9.27. The van der Waals surface area contributed by atoms with Crippen molar-refractivity contribution in [3.05, 3.63) is 88.2 Å². The molecule has 0 saturated carbocycles. The fourth-order valence-electron chi connectivity index (χ4n) is 3.97. The van der Waals surface area contributed by atoms with Crippen LogP contribution in [0.1, 0.15) is 15.9 Å². The Hall–Kier alpha value is -4.11. The molecule has 9 heteroatoms. The fraction of sp³-hybridized carbons (Fsp3) is 0.154. The van der Waals surface area contributed by atoms with Crippen LogP contribution in [0, 0.1) is 6.92 Å². The number of nitrogens with zero attached hydrogens (tertiary/aromatic N) is 4. The Labute approximate surface area is 205 Å². The van der Waals surface area contributed by atoms with Crippen molar-refractivity contribution >= 4 is 34.2 Å². The number of thioether (sulfide) groups is 1. The number of fused-ring (bicyclic) bond motifs is 3. The molecule has 0 aliphatic rings. The van der Waals surface area contributed by atoms with Crippen LogP contribution in [0.25, 0.3) is 22.4 Å². The van der Waals surface area contributed by atoms with E-state index in [2.05, 4.69) is 10.2 Å². The molecular weight excluding hydrogens is 464 g/mol. The molecule has 2 aromatic heterocycles. The van der Waals surface area contributed by atoms with Crippen LogP contribution >= 0.6 is 11.8 Å². The normalized spacial score (nSPS) is 11.2. The SMILES string of the molecule is COc1cccc(C(=O)CSc2nnc3n(-c4cc(C)ccc4OC)c(=O)c4ccccc4n23)c1. The fourth-order valence-corrected chi connectivity index (χ4v) is 4.81. The van der Waals surface area contributed by atoms with Gasteiger partial charge in [-0.3, -0.25) is 14.0 Å². The minimum absolute atomic E-state index is 0.0661. The first-order valence-electron chi connectivity index (χ1n) is 10.9. The first-order chi connectivity index (χ1) is 17.0. The maximum Gasteiger partial charge on any atom is 0.267 e. The summed E-state index contributed by atoms with van der Waals surface area (Å²) in [7, 11) is 3.13. The summed E-state index contributed by atoms with van der Waals surface area (Å²) < 4.78 is 14.1. The Morgan fingerprint density at radius 3 is 2.60 bits per heavy atom. The number of benzene rings is 3. The van der Waals surface area contributed by atoms with Crippen molar-refractivity contribution in [2.45, 2.75) is 12.1 Å². The maximum atomic E-state index is 13.6. The third-order valence-corrected chi connectivity index (χ3v) is 6.62. The van der Waals surface area contributed by atoms with Gasteiger partial charge in [-0.25, -0.2) is 4.57 Å². The molecule has 0 amide bonds. The van der Waals surface area contributed by atoms with E-state index in [1.165, 1.54) is 16.3 Å². The van der Waals surface area contributed by atoms with Crippen LogP contribution in [0.5, 0.6) is 11.5 Å². The summed E-state index contributed by atoms with van der Waals surface area (Å²) >= 11 is 1.26. The van der Waals surface area contributed by atoms with Gasteiger partial charge >= 0.3 is 0 Å². The molecule has 5 aromatic rings. The minimum atomic E-state index is -0.228. The average Bonchev–Trinajstić information content (AvgIpc) is 3.31. The number of aromatic nitrogens is 4. The molecule has 0 radical (unpaired) electrons. The number of Topliss-reactive ketones (excluding diaryl/α,β-unsaturated/α-hetero) is 1. The third kappa shape index (κ3) is 4.04. The van der Waals surface area contributed by atoms with Gasteiger partial charge in [0.2, 0.25) is 5.78 Å². The lowest BCUT2D eigenvalue weighted by Gasteiger charge is -2.14. The van der Waals surface area contributed by atoms with E-state index in [0.717, 1.165) is 5.56 Å². The van der Waals surface area contributed by atoms with Gasteiger partial charge in [0.15, 0.2) is 10.9 Å². The molecule has 0 unspecified atom stereocenters. The molecule has 0 spiro atoms. The summed E-state index contributed by atoms with van der Waals surface area (Å²) in [5, 5.41) is 9.72. The number of para-hydroxylation sites is 1. The van der Waals surface area contributed by atoms with E-state index in [1.807, 2.05) is 47.7 Å². The number of hydrogen-bond donors (Lipinski definition) is 0. The van der Waals surface area contributed by atoms with E-state index in [0.29, 0.717) is 44.6 Å².